The molecule has 1 atom stereocenters. The standard InChI is InChI=1S/C18H18N4O2/c1-13-14(7-9-18(21-13)22-11-19-20-12-22)6-8-15-10-23-16-4-2-3-5-17(16)24-15/h2-5,7,9,11-12,15H,6,8,10H2,1H3. The lowest BCUT2D eigenvalue weighted by atomic mass is 10.1. The lowest BCUT2D eigenvalue weighted by Crippen LogP contribution is -2.29. The third-order valence-corrected chi connectivity index (χ3v) is 4.17. The summed E-state index contributed by atoms with van der Waals surface area (Å²) in [7, 11) is 0. The molecule has 0 aliphatic carbocycles. The maximum absolute atomic E-state index is 6.01. The average molecular weight is 322 g/mol. The minimum Gasteiger partial charge on any atom is -0.486 e. The number of hydrogen-bond donors (Lipinski definition) is 0. The highest BCUT2D eigenvalue weighted by atomic mass is 16.6. The maximum Gasteiger partial charge on any atom is 0.161 e. The van der Waals surface area contributed by atoms with Gasteiger partial charge in [-0.2, -0.15) is 0 Å². The third-order valence-electron chi connectivity index (χ3n) is 4.17. The summed E-state index contributed by atoms with van der Waals surface area (Å²) in [5.74, 6) is 2.48. The lowest BCUT2D eigenvalue weighted by Gasteiger charge is -2.26. The van der Waals surface area contributed by atoms with Gasteiger partial charge in [0, 0.05) is 5.69 Å². The van der Waals surface area contributed by atoms with E-state index in [0.29, 0.717) is 6.61 Å². The van der Waals surface area contributed by atoms with E-state index in [1.165, 1.54) is 5.56 Å². The first kappa shape index (κ1) is 14.7. The Bertz CT molecular complexity index is 833. The lowest BCUT2D eigenvalue weighted by molar-refractivity contribution is 0.0851. The zero-order chi connectivity index (χ0) is 16.4. The summed E-state index contributed by atoms with van der Waals surface area (Å²) in [4.78, 5) is 4.63. The number of rotatable bonds is 4. The topological polar surface area (TPSA) is 62.1 Å². The molecule has 0 saturated carbocycles. The molecule has 0 saturated heterocycles. The Labute approximate surface area is 140 Å². The Kier molecular flexibility index (Phi) is 3.86. The molecule has 0 fully saturated rings. The van der Waals surface area contributed by atoms with Crippen molar-refractivity contribution in [1.29, 1.82) is 0 Å². The number of hydrogen-bond acceptors (Lipinski definition) is 5. The average Bonchev–Trinajstić information content (AvgIpc) is 3.15. The molecule has 1 aromatic carbocycles. The number of benzene rings is 1. The predicted octanol–water partition coefficient (Wildman–Crippen LogP) is 2.74. The molecule has 3 heterocycles. The molecule has 0 spiro atoms. The smallest absolute Gasteiger partial charge is 0.161 e. The summed E-state index contributed by atoms with van der Waals surface area (Å²) < 4.78 is 13.6. The molecular weight excluding hydrogens is 304 g/mol. The first-order valence-corrected chi connectivity index (χ1v) is 7.99. The number of fused-ring (bicyclic) bond motifs is 1. The molecule has 0 bridgehead atoms. The van der Waals surface area contributed by atoms with E-state index in [9.17, 15) is 0 Å². The van der Waals surface area contributed by atoms with Crippen LogP contribution >= 0.6 is 0 Å². The van der Waals surface area contributed by atoms with Crippen LogP contribution in [0, 0.1) is 6.92 Å². The van der Waals surface area contributed by atoms with Gasteiger partial charge in [0.2, 0.25) is 0 Å². The Hall–Kier alpha value is -2.89. The van der Waals surface area contributed by atoms with Crippen LogP contribution in [0.25, 0.3) is 5.82 Å². The fourth-order valence-corrected chi connectivity index (χ4v) is 2.83. The zero-order valence-corrected chi connectivity index (χ0v) is 13.4. The van der Waals surface area contributed by atoms with Gasteiger partial charge in [-0.15, -0.1) is 10.2 Å². The molecular formula is C18H18N4O2. The quantitative estimate of drug-likeness (QED) is 0.739. The van der Waals surface area contributed by atoms with Crippen molar-refractivity contribution in [3.05, 3.63) is 60.3 Å². The van der Waals surface area contributed by atoms with E-state index in [-0.39, 0.29) is 6.10 Å². The molecule has 0 radical (unpaired) electrons. The van der Waals surface area contributed by atoms with Gasteiger partial charge in [-0.25, -0.2) is 4.98 Å². The van der Waals surface area contributed by atoms with Gasteiger partial charge in [0.05, 0.1) is 0 Å². The van der Waals surface area contributed by atoms with E-state index in [0.717, 1.165) is 35.9 Å². The highest BCUT2D eigenvalue weighted by Crippen LogP contribution is 2.31. The van der Waals surface area contributed by atoms with Crippen molar-refractivity contribution >= 4 is 0 Å². The zero-order valence-electron chi connectivity index (χ0n) is 13.4. The van der Waals surface area contributed by atoms with Gasteiger partial charge in [0.15, 0.2) is 11.5 Å². The molecule has 1 aliphatic heterocycles. The van der Waals surface area contributed by atoms with Gasteiger partial charge < -0.3 is 9.47 Å². The number of aryl methyl sites for hydroxylation is 2. The van der Waals surface area contributed by atoms with Crippen LogP contribution in [-0.2, 0) is 6.42 Å². The van der Waals surface area contributed by atoms with E-state index in [1.807, 2.05) is 37.3 Å². The molecule has 1 unspecified atom stereocenters. The van der Waals surface area contributed by atoms with Crippen LogP contribution in [-0.4, -0.2) is 32.5 Å². The number of ether oxygens (including phenoxy) is 2. The summed E-state index contributed by atoms with van der Waals surface area (Å²) in [5.41, 5.74) is 2.23. The molecule has 122 valence electrons. The van der Waals surface area contributed by atoms with Crippen LogP contribution in [0.1, 0.15) is 17.7 Å². The normalized spacial score (nSPS) is 16.1. The second-order valence-corrected chi connectivity index (χ2v) is 5.82. The van der Waals surface area contributed by atoms with Crippen LogP contribution in [0.5, 0.6) is 11.5 Å². The van der Waals surface area contributed by atoms with E-state index in [4.69, 9.17) is 9.47 Å². The molecule has 0 amide bonds. The SMILES string of the molecule is Cc1nc(-n2cnnc2)ccc1CCC1COc2ccccc2O1. The molecule has 2 aromatic heterocycles. The van der Waals surface area contributed by atoms with Crippen LogP contribution in [0.15, 0.2) is 49.1 Å². The Morgan fingerprint density at radius 3 is 2.67 bits per heavy atom. The summed E-state index contributed by atoms with van der Waals surface area (Å²) in [6.07, 6.45) is 5.15. The Morgan fingerprint density at radius 1 is 1.08 bits per heavy atom. The van der Waals surface area contributed by atoms with Crippen LogP contribution in [0.3, 0.4) is 0 Å². The van der Waals surface area contributed by atoms with Gasteiger partial charge in [-0.1, -0.05) is 18.2 Å². The molecule has 0 N–H and O–H groups in total. The summed E-state index contributed by atoms with van der Waals surface area (Å²) in [5, 5.41) is 7.62. The fraction of sp³-hybridized carbons (Fsp3) is 0.278. The number of nitrogens with zero attached hydrogens (tertiary/aromatic N) is 4. The van der Waals surface area contributed by atoms with Gasteiger partial charge in [0.25, 0.3) is 0 Å². The van der Waals surface area contributed by atoms with Crippen molar-refractivity contribution in [3.63, 3.8) is 0 Å². The first-order valence-electron chi connectivity index (χ1n) is 7.99. The van der Waals surface area contributed by atoms with Crippen molar-refractivity contribution in [1.82, 2.24) is 19.7 Å². The molecule has 24 heavy (non-hydrogen) atoms. The first-order chi connectivity index (χ1) is 11.8. The highest BCUT2D eigenvalue weighted by Gasteiger charge is 2.20. The number of pyridine rings is 1. The molecule has 6 heteroatoms. The van der Waals surface area contributed by atoms with E-state index in [1.54, 1.807) is 17.2 Å². The van der Waals surface area contributed by atoms with Gasteiger partial charge in [0.1, 0.15) is 31.2 Å². The molecule has 4 rings (SSSR count). The van der Waals surface area contributed by atoms with Crippen molar-refractivity contribution in [2.75, 3.05) is 6.61 Å². The fourth-order valence-electron chi connectivity index (χ4n) is 2.83. The van der Waals surface area contributed by atoms with Crippen LogP contribution < -0.4 is 9.47 Å². The van der Waals surface area contributed by atoms with Crippen molar-refractivity contribution in [3.8, 4) is 17.3 Å². The second kappa shape index (κ2) is 6.31. The summed E-state index contributed by atoms with van der Waals surface area (Å²) in [6, 6.07) is 11.9. The summed E-state index contributed by atoms with van der Waals surface area (Å²) in [6.45, 7) is 2.61. The maximum atomic E-state index is 6.01. The Morgan fingerprint density at radius 2 is 1.88 bits per heavy atom. The number of aromatic nitrogens is 4. The van der Waals surface area contributed by atoms with Gasteiger partial charge in [-0.05, 0) is 43.5 Å². The van der Waals surface area contributed by atoms with Gasteiger partial charge >= 0.3 is 0 Å². The van der Waals surface area contributed by atoms with Gasteiger partial charge in [-0.3, -0.25) is 4.57 Å². The van der Waals surface area contributed by atoms with Crippen LogP contribution in [0.4, 0.5) is 0 Å². The summed E-state index contributed by atoms with van der Waals surface area (Å²) >= 11 is 0. The van der Waals surface area contributed by atoms with E-state index in [2.05, 4.69) is 21.2 Å². The van der Waals surface area contributed by atoms with Crippen LogP contribution in [0.2, 0.25) is 0 Å². The third kappa shape index (κ3) is 2.95. The highest BCUT2D eigenvalue weighted by molar-refractivity contribution is 5.40. The largest absolute Gasteiger partial charge is 0.486 e. The van der Waals surface area contributed by atoms with Crippen molar-refractivity contribution in [2.24, 2.45) is 0 Å². The Balaban J connectivity index is 1.41. The van der Waals surface area contributed by atoms with E-state index >= 15 is 0 Å². The number of para-hydroxylation sites is 2. The van der Waals surface area contributed by atoms with E-state index < -0.39 is 0 Å². The second-order valence-electron chi connectivity index (χ2n) is 5.82. The monoisotopic (exact) mass is 322 g/mol. The minimum absolute atomic E-state index is 0.0665. The predicted molar refractivity (Wildman–Crippen MR) is 88.6 cm³/mol. The van der Waals surface area contributed by atoms with Crippen molar-refractivity contribution < 1.29 is 9.47 Å². The molecule has 1 aliphatic rings. The van der Waals surface area contributed by atoms with Crippen molar-refractivity contribution in [2.45, 2.75) is 25.9 Å². The molecule has 6 nitrogen and oxygen atoms in total. The minimum atomic E-state index is 0.0665. The molecule has 3 aromatic rings.